The SMILES string of the molecule is CN(C)C1(C)CN(C(=O)c2nc3nc(-c4ccccc4)cc(=O)n3[nH]2)C1. The molecule has 1 aliphatic rings. The van der Waals surface area contributed by atoms with Crippen molar-refractivity contribution in [2.24, 2.45) is 0 Å². The fourth-order valence-electron chi connectivity index (χ4n) is 3.09. The molecular weight excluding hydrogens is 332 g/mol. The molecule has 8 nitrogen and oxygen atoms in total. The zero-order valence-corrected chi connectivity index (χ0v) is 14.9. The van der Waals surface area contributed by atoms with E-state index in [1.807, 2.05) is 44.4 Å². The summed E-state index contributed by atoms with van der Waals surface area (Å²) in [7, 11) is 4.00. The van der Waals surface area contributed by atoms with E-state index in [9.17, 15) is 9.59 Å². The molecule has 1 amide bonds. The summed E-state index contributed by atoms with van der Waals surface area (Å²) in [4.78, 5) is 37.5. The largest absolute Gasteiger partial charge is 0.332 e. The number of carbonyl (C=O) groups is 1. The van der Waals surface area contributed by atoms with Crippen molar-refractivity contribution in [2.75, 3.05) is 27.2 Å². The van der Waals surface area contributed by atoms with Crippen molar-refractivity contribution in [2.45, 2.75) is 12.5 Å². The number of aromatic amines is 1. The number of benzene rings is 1. The van der Waals surface area contributed by atoms with E-state index in [0.717, 1.165) is 5.56 Å². The third-order valence-electron chi connectivity index (χ3n) is 5.03. The van der Waals surface area contributed by atoms with Crippen molar-refractivity contribution >= 4 is 11.7 Å². The zero-order chi connectivity index (χ0) is 18.5. The molecule has 0 unspecified atom stereocenters. The third kappa shape index (κ3) is 2.59. The van der Waals surface area contributed by atoms with Gasteiger partial charge in [0.25, 0.3) is 17.2 Å². The maximum absolute atomic E-state index is 12.6. The van der Waals surface area contributed by atoms with Crippen LogP contribution in [0.2, 0.25) is 0 Å². The molecule has 0 aliphatic carbocycles. The number of likely N-dealkylation sites (N-methyl/N-ethyl adjacent to an activating group) is 1. The van der Waals surface area contributed by atoms with Gasteiger partial charge in [-0.25, -0.2) is 4.98 Å². The molecule has 1 aromatic carbocycles. The van der Waals surface area contributed by atoms with Gasteiger partial charge in [-0.1, -0.05) is 30.3 Å². The lowest BCUT2D eigenvalue weighted by Gasteiger charge is -2.51. The van der Waals surface area contributed by atoms with Gasteiger partial charge in [0.15, 0.2) is 0 Å². The predicted octanol–water partition coefficient (Wildman–Crippen LogP) is 0.861. The maximum Gasteiger partial charge on any atom is 0.291 e. The van der Waals surface area contributed by atoms with Gasteiger partial charge in [-0.15, -0.1) is 0 Å². The Hall–Kier alpha value is -3.00. The van der Waals surface area contributed by atoms with Crippen LogP contribution in [0.5, 0.6) is 0 Å². The molecule has 1 aliphatic heterocycles. The minimum atomic E-state index is -0.304. The lowest BCUT2D eigenvalue weighted by atomic mass is 9.91. The molecule has 3 heterocycles. The second-order valence-corrected chi connectivity index (χ2v) is 7.11. The van der Waals surface area contributed by atoms with Crippen LogP contribution < -0.4 is 5.56 Å². The molecule has 3 aromatic rings. The molecule has 26 heavy (non-hydrogen) atoms. The number of rotatable bonds is 3. The molecule has 1 saturated heterocycles. The first-order chi connectivity index (χ1) is 12.4. The Bertz CT molecular complexity index is 1030. The highest BCUT2D eigenvalue weighted by Gasteiger charge is 2.43. The van der Waals surface area contributed by atoms with Gasteiger partial charge in [-0.05, 0) is 21.0 Å². The molecule has 0 radical (unpaired) electrons. The van der Waals surface area contributed by atoms with Gasteiger partial charge < -0.3 is 9.80 Å². The van der Waals surface area contributed by atoms with Crippen molar-refractivity contribution in [1.29, 1.82) is 0 Å². The van der Waals surface area contributed by atoms with Gasteiger partial charge in [-0.2, -0.15) is 9.50 Å². The van der Waals surface area contributed by atoms with Gasteiger partial charge in [0, 0.05) is 24.7 Å². The first-order valence-electron chi connectivity index (χ1n) is 8.39. The number of hydrogen-bond donors (Lipinski definition) is 1. The van der Waals surface area contributed by atoms with Gasteiger partial charge >= 0.3 is 0 Å². The van der Waals surface area contributed by atoms with E-state index in [-0.39, 0.29) is 28.6 Å². The van der Waals surface area contributed by atoms with Gasteiger partial charge in [0.2, 0.25) is 5.82 Å². The zero-order valence-electron chi connectivity index (χ0n) is 14.9. The van der Waals surface area contributed by atoms with E-state index in [0.29, 0.717) is 18.8 Å². The van der Waals surface area contributed by atoms with Gasteiger partial charge in [0.1, 0.15) is 0 Å². The highest BCUT2D eigenvalue weighted by Crippen LogP contribution is 2.26. The van der Waals surface area contributed by atoms with E-state index in [1.54, 1.807) is 4.90 Å². The molecular formula is C18H20N6O2. The monoisotopic (exact) mass is 352 g/mol. The molecule has 0 spiro atoms. The molecule has 2 aromatic heterocycles. The average molecular weight is 352 g/mol. The number of fused-ring (bicyclic) bond motifs is 1. The normalized spacial score (nSPS) is 16.1. The van der Waals surface area contributed by atoms with E-state index in [1.165, 1.54) is 10.6 Å². The Kier molecular flexibility index (Phi) is 3.66. The Labute approximate surface area is 150 Å². The summed E-state index contributed by atoms with van der Waals surface area (Å²) in [6.07, 6.45) is 0. The summed E-state index contributed by atoms with van der Waals surface area (Å²) < 4.78 is 1.20. The van der Waals surface area contributed by atoms with Crippen LogP contribution in [0.4, 0.5) is 0 Å². The number of carbonyl (C=O) groups excluding carboxylic acids is 1. The maximum atomic E-state index is 12.6. The Morgan fingerprint density at radius 1 is 1.19 bits per heavy atom. The molecule has 134 valence electrons. The number of aromatic nitrogens is 4. The number of hydrogen-bond acceptors (Lipinski definition) is 5. The van der Waals surface area contributed by atoms with E-state index in [4.69, 9.17) is 0 Å². The Balaban J connectivity index is 1.65. The van der Waals surface area contributed by atoms with Crippen molar-refractivity contribution in [3.8, 4) is 11.3 Å². The number of H-pyrrole nitrogens is 1. The Morgan fingerprint density at radius 3 is 2.54 bits per heavy atom. The van der Waals surface area contributed by atoms with E-state index < -0.39 is 0 Å². The molecule has 4 rings (SSSR count). The summed E-state index contributed by atoms with van der Waals surface area (Å²) in [5.74, 6) is 0.0895. The highest BCUT2D eigenvalue weighted by atomic mass is 16.2. The van der Waals surface area contributed by atoms with Crippen LogP contribution in [0.15, 0.2) is 41.2 Å². The first-order valence-corrected chi connectivity index (χ1v) is 8.39. The van der Waals surface area contributed by atoms with Crippen LogP contribution in [0, 0.1) is 0 Å². The van der Waals surface area contributed by atoms with Crippen LogP contribution in [0.3, 0.4) is 0 Å². The molecule has 0 atom stereocenters. The molecule has 1 N–H and O–H groups in total. The number of nitrogens with zero attached hydrogens (tertiary/aromatic N) is 5. The van der Waals surface area contributed by atoms with E-state index in [2.05, 4.69) is 26.9 Å². The van der Waals surface area contributed by atoms with Gasteiger partial charge in [-0.3, -0.25) is 14.7 Å². The minimum absolute atomic E-state index is 0.0305. The second kappa shape index (κ2) is 5.77. The minimum Gasteiger partial charge on any atom is -0.332 e. The molecule has 8 heteroatoms. The summed E-state index contributed by atoms with van der Waals surface area (Å²) in [5, 5.41) is 2.77. The van der Waals surface area contributed by atoms with Crippen LogP contribution in [-0.2, 0) is 0 Å². The standard InChI is InChI=1S/C18H20N6O2/c1-18(22(2)3)10-23(11-18)16(26)15-20-17-19-13(9-14(25)24(17)21-15)12-7-5-4-6-8-12/h4-9H,10-11H2,1-3H3,(H,19,20,21). The first kappa shape index (κ1) is 16.5. The predicted molar refractivity (Wildman–Crippen MR) is 97.0 cm³/mol. The fourth-order valence-corrected chi connectivity index (χ4v) is 3.09. The molecule has 1 fully saturated rings. The lowest BCUT2D eigenvalue weighted by Crippen LogP contribution is -2.68. The number of likely N-dealkylation sites (tertiary alicyclic amines) is 1. The van der Waals surface area contributed by atoms with Crippen LogP contribution in [0.25, 0.3) is 17.0 Å². The lowest BCUT2D eigenvalue weighted by molar-refractivity contribution is -0.00744. The summed E-state index contributed by atoms with van der Waals surface area (Å²) >= 11 is 0. The third-order valence-corrected chi connectivity index (χ3v) is 5.03. The second-order valence-electron chi connectivity index (χ2n) is 7.11. The smallest absolute Gasteiger partial charge is 0.291 e. The summed E-state index contributed by atoms with van der Waals surface area (Å²) in [6, 6.07) is 10.8. The van der Waals surface area contributed by atoms with Crippen LogP contribution in [0.1, 0.15) is 17.5 Å². The average Bonchev–Trinajstić information content (AvgIpc) is 3.03. The quantitative estimate of drug-likeness (QED) is 0.756. The van der Waals surface area contributed by atoms with Crippen LogP contribution >= 0.6 is 0 Å². The number of nitrogens with one attached hydrogen (secondary N) is 1. The van der Waals surface area contributed by atoms with Gasteiger partial charge in [0.05, 0.1) is 11.2 Å². The Morgan fingerprint density at radius 2 is 1.88 bits per heavy atom. The topological polar surface area (TPSA) is 86.6 Å². The highest BCUT2D eigenvalue weighted by molar-refractivity contribution is 5.91. The van der Waals surface area contributed by atoms with Crippen molar-refractivity contribution in [3.05, 3.63) is 52.6 Å². The number of amides is 1. The molecule has 0 bridgehead atoms. The fraction of sp³-hybridized carbons (Fsp3) is 0.333. The summed E-state index contributed by atoms with van der Waals surface area (Å²) in [6.45, 7) is 3.34. The summed E-state index contributed by atoms with van der Waals surface area (Å²) in [5.41, 5.74) is 1.02. The van der Waals surface area contributed by atoms with E-state index >= 15 is 0 Å². The van der Waals surface area contributed by atoms with Crippen molar-refractivity contribution in [1.82, 2.24) is 29.4 Å². The van der Waals surface area contributed by atoms with Crippen molar-refractivity contribution in [3.63, 3.8) is 0 Å². The van der Waals surface area contributed by atoms with Crippen molar-refractivity contribution < 1.29 is 4.79 Å². The van der Waals surface area contributed by atoms with Crippen LogP contribution in [-0.4, -0.2) is 68.0 Å². The molecule has 0 saturated carbocycles.